The van der Waals surface area contributed by atoms with Gasteiger partial charge in [-0.05, 0) is 55.4 Å². The second-order valence-corrected chi connectivity index (χ2v) is 7.59. The Hall–Kier alpha value is -2.16. The minimum absolute atomic E-state index is 0.0135. The molecule has 0 bridgehead atoms. The van der Waals surface area contributed by atoms with E-state index in [1.54, 1.807) is 13.0 Å². The Morgan fingerprint density at radius 1 is 0.857 bits per heavy atom. The van der Waals surface area contributed by atoms with Gasteiger partial charge in [-0.15, -0.1) is 0 Å². The zero-order valence-electron chi connectivity index (χ0n) is 16.9. The molecule has 0 spiro atoms. The van der Waals surface area contributed by atoms with Crippen LogP contribution in [0.1, 0.15) is 74.5 Å². The largest absolute Gasteiger partial charge is 0.491 e. The van der Waals surface area contributed by atoms with Crippen molar-refractivity contribution in [1.82, 2.24) is 0 Å². The maximum absolute atomic E-state index is 14.5. The van der Waals surface area contributed by atoms with Gasteiger partial charge in [-0.1, -0.05) is 62.2 Å². The van der Waals surface area contributed by atoms with E-state index in [1.165, 1.54) is 36.5 Å². The van der Waals surface area contributed by atoms with Crippen molar-refractivity contribution < 1.29 is 13.5 Å². The van der Waals surface area contributed by atoms with Gasteiger partial charge in [0.05, 0.1) is 6.61 Å². The molecule has 0 aliphatic heterocycles. The number of hydrogen-bond donors (Lipinski definition) is 0. The number of unbranched alkanes of at least 4 members (excludes halogenated alkanes) is 2. The summed E-state index contributed by atoms with van der Waals surface area (Å²) in [6.07, 6.45) is 10.8. The molecule has 150 valence electrons. The molecule has 28 heavy (non-hydrogen) atoms. The van der Waals surface area contributed by atoms with Gasteiger partial charge in [0.2, 0.25) is 5.82 Å². The minimum Gasteiger partial charge on any atom is -0.491 e. The number of allylic oxidation sites excluding steroid dienone is 2. The summed E-state index contributed by atoms with van der Waals surface area (Å²) in [4.78, 5) is 0. The van der Waals surface area contributed by atoms with Crippen molar-refractivity contribution in [3.8, 4) is 5.75 Å². The molecule has 3 rings (SSSR count). The Kier molecular flexibility index (Phi) is 7.24. The van der Waals surface area contributed by atoms with Crippen molar-refractivity contribution in [1.29, 1.82) is 0 Å². The van der Waals surface area contributed by atoms with Crippen LogP contribution in [-0.4, -0.2) is 6.61 Å². The second-order valence-electron chi connectivity index (χ2n) is 7.59. The van der Waals surface area contributed by atoms with Crippen LogP contribution in [0, 0.1) is 11.6 Å². The molecular weight excluding hydrogens is 354 g/mol. The molecule has 0 saturated heterocycles. The first-order valence-corrected chi connectivity index (χ1v) is 10.5. The van der Waals surface area contributed by atoms with Gasteiger partial charge in [0.1, 0.15) is 0 Å². The van der Waals surface area contributed by atoms with Crippen molar-refractivity contribution in [2.75, 3.05) is 6.61 Å². The predicted octanol–water partition coefficient (Wildman–Crippen LogP) is 7.31. The van der Waals surface area contributed by atoms with Gasteiger partial charge in [-0.3, -0.25) is 0 Å². The highest BCUT2D eigenvalue weighted by Gasteiger charge is 2.23. The quantitative estimate of drug-likeness (QED) is 0.342. The number of rotatable bonds is 8. The van der Waals surface area contributed by atoms with E-state index in [9.17, 15) is 8.78 Å². The topological polar surface area (TPSA) is 9.23 Å². The van der Waals surface area contributed by atoms with Crippen LogP contribution in [0.2, 0.25) is 0 Å². The smallest absolute Gasteiger partial charge is 0.200 e. The molecule has 2 atom stereocenters. The molecule has 0 N–H and O–H groups in total. The van der Waals surface area contributed by atoms with Crippen LogP contribution < -0.4 is 4.74 Å². The van der Waals surface area contributed by atoms with Crippen LogP contribution >= 0.6 is 0 Å². The standard InChI is InChI=1S/C25H30F2O/c1-3-5-6-7-18-8-10-19(11-9-18)20-12-14-21(15-13-20)22-16-17-23(28-4-2)25(27)24(22)26/h8-12,14,16-17,20-21H,3-7,13,15H2,1-2H3. The minimum atomic E-state index is -0.881. The van der Waals surface area contributed by atoms with E-state index in [4.69, 9.17) is 4.74 Å². The monoisotopic (exact) mass is 384 g/mol. The lowest BCUT2D eigenvalue weighted by Crippen LogP contribution is -2.09. The Morgan fingerprint density at radius 2 is 1.57 bits per heavy atom. The Bertz CT molecular complexity index is 795. The average molecular weight is 385 g/mol. The molecule has 1 nitrogen and oxygen atoms in total. The van der Waals surface area contributed by atoms with Gasteiger partial charge in [0, 0.05) is 11.8 Å². The fourth-order valence-electron chi connectivity index (χ4n) is 3.97. The normalized spacial score (nSPS) is 19.0. The highest BCUT2D eigenvalue weighted by Crippen LogP contribution is 2.38. The predicted molar refractivity (Wildman–Crippen MR) is 111 cm³/mol. The summed E-state index contributed by atoms with van der Waals surface area (Å²) < 4.78 is 33.8. The Balaban J connectivity index is 1.67. The maximum atomic E-state index is 14.5. The fraction of sp³-hybridized carbons (Fsp3) is 0.440. The molecule has 3 heteroatoms. The SMILES string of the molecule is CCCCCc1ccc(C2C=CC(c3ccc(OCC)c(F)c3F)CC2)cc1. The third-order valence-electron chi connectivity index (χ3n) is 5.62. The summed E-state index contributed by atoms with van der Waals surface area (Å²) >= 11 is 0. The van der Waals surface area contributed by atoms with Crippen LogP contribution in [0.25, 0.3) is 0 Å². The first-order chi connectivity index (χ1) is 13.6. The van der Waals surface area contributed by atoms with Gasteiger partial charge < -0.3 is 4.74 Å². The zero-order valence-corrected chi connectivity index (χ0v) is 16.9. The van der Waals surface area contributed by atoms with Crippen LogP contribution in [0.4, 0.5) is 8.78 Å². The van der Waals surface area contributed by atoms with E-state index < -0.39 is 11.6 Å². The van der Waals surface area contributed by atoms with E-state index in [2.05, 4.69) is 37.3 Å². The van der Waals surface area contributed by atoms with E-state index in [0.717, 1.165) is 19.3 Å². The summed E-state index contributed by atoms with van der Waals surface area (Å²) in [6, 6.07) is 12.1. The number of benzene rings is 2. The number of ether oxygens (including phenoxy) is 1. The lowest BCUT2D eigenvalue weighted by Gasteiger charge is -2.24. The van der Waals surface area contributed by atoms with Crippen molar-refractivity contribution in [3.05, 3.63) is 76.9 Å². The van der Waals surface area contributed by atoms with Crippen molar-refractivity contribution in [2.45, 2.75) is 64.2 Å². The average Bonchev–Trinajstić information content (AvgIpc) is 2.73. The second kappa shape index (κ2) is 9.86. The van der Waals surface area contributed by atoms with E-state index >= 15 is 0 Å². The van der Waals surface area contributed by atoms with E-state index in [0.29, 0.717) is 18.1 Å². The van der Waals surface area contributed by atoms with Crippen molar-refractivity contribution in [2.24, 2.45) is 0 Å². The molecule has 0 heterocycles. The van der Waals surface area contributed by atoms with Crippen LogP contribution in [0.3, 0.4) is 0 Å². The van der Waals surface area contributed by atoms with Crippen LogP contribution in [-0.2, 0) is 6.42 Å². The lowest BCUT2D eigenvalue weighted by atomic mass is 9.81. The highest BCUT2D eigenvalue weighted by atomic mass is 19.2. The maximum Gasteiger partial charge on any atom is 0.200 e. The highest BCUT2D eigenvalue weighted by molar-refractivity contribution is 5.37. The third-order valence-corrected chi connectivity index (χ3v) is 5.62. The van der Waals surface area contributed by atoms with Crippen molar-refractivity contribution >= 4 is 0 Å². The molecule has 0 fully saturated rings. The molecule has 2 aromatic rings. The van der Waals surface area contributed by atoms with Gasteiger partial charge in [0.15, 0.2) is 11.6 Å². The molecule has 0 aromatic heterocycles. The van der Waals surface area contributed by atoms with Gasteiger partial charge in [0.25, 0.3) is 0 Å². The number of hydrogen-bond acceptors (Lipinski definition) is 1. The van der Waals surface area contributed by atoms with Crippen molar-refractivity contribution in [3.63, 3.8) is 0 Å². The third kappa shape index (κ3) is 4.81. The molecular formula is C25H30F2O. The van der Waals surface area contributed by atoms with Crippen LogP contribution in [0.15, 0.2) is 48.6 Å². The summed E-state index contributed by atoms with van der Waals surface area (Å²) in [5.74, 6) is -1.42. The van der Waals surface area contributed by atoms with E-state index in [-0.39, 0.29) is 11.7 Å². The molecule has 1 aliphatic carbocycles. The molecule has 2 aromatic carbocycles. The first-order valence-electron chi connectivity index (χ1n) is 10.5. The number of halogens is 2. The van der Waals surface area contributed by atoms with Crippen LogP contribution in [0.5, 0.6) is 5.75 Å². The summed E-state index contributed by atoms with van der Waals surface area (Å²) in [5, 5.41) is 0. The summed E-state index contributed by atoms with van der Waals surface area (Å²) in [6.45, 7) is 4.30. The molecule has 1 aliphatic rings. The summed E-state index contributed by atoms with van der Waals surface area (Å²) in [5.41, 5.74) is 3.11. The Morgan fingerprint density at radius 3 is 2.21 bits per heavy atom. The number of aryl methyl sites for hydroxylation is 1. The molecule has 0 amide bonds. The fourth-order valence-corrected chi connectivity index (χ4v) is 3.97. The van der Waals surface area contributed by atoms with Gasteiger partial charge in [-0.25, -0.2) is 4.39 Å². The molecule has 0 saturated carbocycles. The molecule has 2 unspecified atom stereocenters. The van der Waals surface area contributed by atoms with Gasteiger partial charge in [-0.2, -0.15) is 4.39 Å². The summed E-state index contributed by atoms with van der Waals surface area (Å²) in [7, 11) is 0. The van der Waals surface area contributed by atoms with E-state index in [1.807, 2.05) is 6.08 Å². The Labute approximate surface area is 167 Å². The first kappa shape index (κ1) is 20.6. The molecule has 0 radical (unpaired) electrons. The lowest BCUT2D eigenvalue weighted by molar-refractivity contribution is 0.313. The zero-order chi connectivity index (χ0) is 19.9. The van der Waals surface area contributed by atoms with Gasteiger partial charge >= 0.3 is 0 Å².